The molecule has 0 saturated carbocycles. The molecule has 6 heteroatoms. The monoisotopic (exact) mass is 374 g/mol. The van der Waals surface area contributed by atoms with Crippen LogP contribution in [0.25, 0.3) is 10.8 Å². The number of nitrogens with zero attached hydrogens (tertiary/aromatic N) is 3. The summed E-state index contributed by atoms with van der Waals surface area (Å²) in [5.41, 5.74) is 1.76. The van der Waals surface area contributed by atoms with E-state index in [1.165, 1.54) is 5.01 Å². The number of fused-ring (bicyclic) bond motifs is 1. The first-order chi connectivity index (χ1) is 13.7. The topological polar surface area (TPSA) is 65.5 Å². The number of aryl methyl sites for hydroxylation is 1. The maximum absolute atomic E-state index is 12.9. The molecule has 3 aromatic rings. The number of anilines is 1. The number of amides is 3. The van der Waals surface area contributed by atoms with Crippen molar-refractivity contribution in [2.75, 3.05) is 18.4 Å². The number of rotatable bonds is 4. The quantitative estimate of drug-likeness (QED) is 0.754. The zero-order valence-corrected chi connectivity index (χ0v) is 15.5. The van der Waals surface area contributed by atoms with Crippen LogP contribution in [-0.2, 0) is 11.2 Å². The van der Waals surface area contributed by atoms with Gasteiger partial charge in [-0.15, -0.1) is 0 Å². The minimum atomic E-state index is -0.274. The van der Waals surface area contributed by atoms with Crippen LogP contribution in [0.2, 0.25) is 0 Å². The number of carbonyl (C=O) groups is 2. The fourth-order valence-electron chi connectivity index (χ4n) is 3.52. The molecular weight excluding hydrogens is 352 g/mol. The van der Waals surface area contributed by atoms with Crippen molar-refractivity contribution >= 4 is 28.4 Å². The molecule has 28 heavy (non-hydrogen) atoms. The Bertz CT molecular complexity index is 985. The van der Waals surface area contributed by atoms with Gasteiger partial charge in [0.25, 0.3) is 0 Å². The molecule has 2 heterocycles. The van der Waals surface area contributed by atoms with E-state index in [1.54, 1.807) is 17.4 Å². The fraction of sp³-hybridized carbons (Fsp3) is 0.227. The highest BCUT2D eigenvalue weighted by Gasteiger charge is 2.30. The maximum Gasteiger partial charge on any atom is 0.340 e. The molecule has 0 radical (unpaired) electrons. The molecule has 142 valence electrons. The van der Waals surface area contributed by atoms with E-state index >= 15 is 0 Å². The number of hydrogen-bond donors (Lipinski definition) is 1. The van der Waals surface area contributed by atoms with E-state index in [0.717, 1.165) is 28.4 Å². The molecule has 3 amide bonds. The van der Waals surface area contributed by atoms with Gasteiger partial charge < -0.3 is 5.32 Å². The molecule has 1 fully saturated rings. The first kappa shape index (κ1) is 18.0. The minimum absolute atomic E-state index is 0.0468. The third kappa shape index (κ3) is 3.81. The van der Waals surface area contributed by atoms with Crippen LogP contribution in [-0.4, -0.2) is 40.0 Å². The molecule has 6 nitrogen and oxygen atoms in total. The highest BCUT2D eigenvalue weighted by molar-refractivity contribution is 6.02. The van der Waals surface area contributed by atoms with E-state index in [9.17, 15) is 9.59 Å². The van der Waals surface area contributed by atoms with Gasteiger partial charge in [-0.2, -0.15) is 0 Å². The minimum Gasteiger partial charge on any atom is -0.306 e. The van der Waals surface area contributed by atoms with Crippen LogP contribution in [0.15, 0.2) is 67.0 Å². The zero-order chi connectivity index (χ0) is 19.3. The number of aromatic nitrogens is 1. The molecule has 0 atom stereocenters. The van der Waals surface area contributed by atoms with Crippen molar-refractivity contribution in [2.45, 2.75) is 19.3 Å². The van der Waals surface area contributed by atoms with E-state index in [4.69, 9.17) is 0 Å². The fourth-order valence-corrected chi connectivity index (χ4v) is 3.52. The third-order valence-corrected chi connectivity index (χ3v) is 4.94. The van der Waals surface area contributed by atoms with Crippen LogP contribution in [0.1, 0.15) is 18.4 Å². The number of urea groups is 1. The van der Waals surface area contributed by atoms with Crippen LogP contribution in [0.4, 0.5) is 10.5 Å². The van der Waals surface area contributed by atoms with Crippen molar-refractivity contribution in [3.05, 3.63) is 72.6 Å². The number of hydrazine groups is 1. The van der Waals surface area contributed by atoms with Gasteiger partial charge in [0.2, 0.25) is 5.91 Å². The van der Waals surface area contributed by atoms with Crippen molar-refractivity contribution < 1.29 is 9.59 Å². The second-order valence-electron chi connectivity index (χ2n) is 6.81. The number of nitrogens with one attached hydrogen (secondary N) is 1. The standard InChI is InChI=1S/C22H22N4O2/c27-21(12-11-17-6-4-13-23-16-17)25-14-5-15-26(25)22(28)24-20-10-3-8-18-7-1-2-9-19(18)20/h1-4,6-10,13,16H,5,11-12,14-15H2,(H,24,28). The second-order valence-corrected chi connectivity index (χ2v) is 6.81. The van der Waals surface area contributed by atoms with Gasteiger partial charge in [-0.05, 0) is 35.9 Å². The summed E-state index contributed by atoms with van der Waals surface area (Å²) in [6.45, 7) is 1.10. The van der Waals surface area contributed by atoms with E-state index in [1.807, 2.05) is 54.6 Å². The molecule has 0 spiro atoms. The summed E-state index contributed by atoms with van der Waals surface area (Å²) in [6, 6.07) is 17.2. The summed E-state index contributed by atoms with van der Waals surface area (Å²) in [5, 5.41) is 8.10. The molecule has 1 aromatic heterocycles. The van der Waals surface area contributed by atoms with Crippen molar-refractivity contribution in [1.82, 2.24) is 15.0 Å². The van der Waals surface area contributed by atoms with Crippen LogP contribution in [0, 0.1) is 0 Å². The largest absolute Gasteiger partial charge is 0.340 e. The number of carbonyl (C=O) groups excluding carboxylic acids is 2. The highest BCUT2D eigenvalue weighted by Crippen LogP contribution is 2.24. The Hall–Kier alpha value is -3.41. The number of benzene rings is 2. The number of hydrogen-bond acceptors (Lipinski definition) is 3. The van der Waals surface area contributed by atoms with Gasteiger partial charge in [0.15, 0.2) is 0 Å². The summed E-state index contributed by atoms with van der Waals surface area (Å²) in [4.78, 5) is 29.6. The van der Waals surface area contributed by atoms with Crippen LogP contribution in [0.3, 0.4) is 0 Å². The number of pyridine rings is 1. The van der Waals surface area contributed by atoms with Crippen molar-refractivity contribution in [2.24, 2.45) is 0 Å². The molecule has 2 aromatic carbocycles. The lowest BCUT2D eigenvalue weighted by Gasteiger charge is -2.28. The Labute approximate surface area is 163 Å². The molecule has 1 saturated heterocycles. The van der Waals surface area contributed by atoms with E-state index in [2.05, 4.69) is 10.3 Å². The summed E-state index contributed by atoms with van der Waals surface area (Å²) >= 11 is 0. The predicted molar refractivity (Wildman–Crippen MR) is 109 cm³/mol. The van der Waals surface area contributed by atoms with Gasteiger partial charge in [-0.1, -0.05) is 42.5 Å². The molecule has 1 N–H and O–H groups in total. The average molecular weight is 374 g/mol. The zero-order valence-electron chi connectivity index (χ0n) is 15.5. The Kier molecular flexibility index (Phi) is 5.19. The van der Waals surface area contributed by atoms with Gasteiger partial charge in [0, 0.05) is 37.3 Å². The smallest absolute Gasteiger partial charge is 0.306 e. The molecule has 0 aliphatic carbocycles. The third-order valence-electron chi connectivity index (χ3n) is 4.94. The normalized spacial score (nSPS) is 13.7. The first-order valence-corrected chi connectivity index (χ1v) is 9.48. The van der Waals surface area contributed by atoms with Gasteiger partial charge in [-0.3, -0.25) is 14.8 Å². The Morgan fingerprint density at radius 2 is 1.79 bits per heavy atom. The van der Waals surface area contributed by atoms with E-state index in [0.29, 0.717) is 25.9 Å². The molecule has 0 unspecified atom stereocenters. The Balaban J connectivity index is 1.43. The van der Waals surface area contributed by atoms with Gasteiger partial charge in [0.1, 0.15) is 0 Å². The Morgan fingerprint density at radius 1 is 0.964 bits per heavy atom. The summed E-state index contributed by atoms with van der Waals surface area (Å²) in [5.74, 6) is -0.0468. The van der Waals surface area contributed by atoms with Gasteiger partial charge in [0.05, 0.1) is 5.69 Å². The Morgan fingerprint density at radius 3 is 2.64 bits per heavy atom. The predicted octanol–water partition coefficient (Wildman–Crippen LogP) is 3.85. The summed E-state index contributed by atoms with van der Waals surface area (Å²) in [7, 11) is 0. The average Bonchev–Trinajstić information content (AvgIpc) is 3.23. The van der Waals surface area contributed by atoms with Crippen molar-refractivity contribution in [3.8, 4) is 0 Å². The maximum atomic E-state index is 12.9. The molecule has 4 rings (SSSR count). The lowest BCUT2D eigenvalue weighted by molar-refractivity contribution is -0.139. The first-order valence-electron chi connectivity index (χ1n) is 9.48. The SMILES string of the molecule is O=C(CCc1cccnc1)N1CCCN1C(=O)Nc1cccc2ccccc12. The van der Waals surface area contributed by atoms with Crippen molar-refractivity contribution in [1.29, 1.82) is 0 Å². The molecule has 1 aliphatic rings. The van der Waals surface area contributed by atoms with Gasteiger partial charge in [-0.25, -0.2) is 9.80 Å². The lowest BCUT2D eigenvalue weighted by Crippen LogP contribution is -2.46. The highest BCUT2D eigenvalue weighted by atomic mass is 16.2. The van der Waals surface area contributed by atoms with Crippen LogP contribution < -0.4 is 5.32 Å². The van der Waals surface area contributed by atoms with Gasteiger partial charge >= 0.3 is 6.03 Å². The molecule has 0 bridgehead atoms. The lowest BCUT2D eigenvalue weighted by atomic mass is 10.1. The van der Waals surface area contributed by atoms with Crippen LogP contribution in [0.5, 0.6) is 0 Å². The van der Waals surface area contributed by atoms with E-state index < -0.39 is 0 Å². The molecular formula is C22H22N4O2. The summed E-state index contributed by atoms with van der Waals surface area (Å²) < 4.78 is 0. The van der Waals surface area contributed by atoms with E-state index in [-0.39, 0.29) is 11.9 Å². The molecule has 1 aliphatic heterocycles. The second kappa shape index (κ2) is 8.08. The van der Waals surface area contributed by atoms with Crippen molar-refractivity contribution in [3.63, 3.8) is 0 Å². The summed E-state index contributed by atoms with van der Waals surface area (Å²) in [6.07, 6.45) is 5.22. The van der Waals surface area contributed by atoms with Crippen LogP contribution >= 0.6 is 0 Å².